The fourth-order valence-corrected chi connectivity index (χ4v) is 4.26. The van der Waals surface area contributed by atoms with Gasteiger partial charge in [0, 0.05) is 31.2 Å². The lowest BCUT2D eigenvalue weighted by Gasteiger charge is -2.19. The molecule has 1 aromatic carbocycles. The van der Waals surface area contributed by atoms with Crippen LogP contribution in [0.1, 0.15) is 40.4 Å². The Labute approximate surface area is 229 Å². The third kappa shape index (κ3) is 4.99. The number of rotatable bonds is 4. The maximum absolute atomic E-state index is 13.5. The minimum absolute atomic E-state index is 0.0118. The first-order chi connectivity index (χ1) is 19.4. The number of nitrogen functional groups attached to an aromatic ring is 1. The van der Waals surface area contributed by atoms with Crippen LogP contribution in [0.5, 0.6) is 0 Å². The number of imidazole rings is 1. The van der Waals surface area contributed by atoms with E-state index >= 15 is 0 Å². The van der Waals surface area contributed by atoms with Gasteiger partial charge < -0.3 is 11.1 Å². The van der Waals surface area contributed by atoms with E-state index in [0.29, 0.717) is 23.3 Å². The van der Waals surface area contributed by atoms with Gasteiger partial charge >= 0.3 is 5.69 Å². The average Bonchev–Trinajstić information content (AvgIpc) is 3.67. The Morgan fingerprint density at radius 3 is 2.55 bits per heavy atom. The fraction of sp³-hybridized carbons (Fsp3) is 0.138. The number of nitrogens with two attached hydrogens (primary N) is 1. The Morgan fingerprint density at radius 1 is 1.05 bits per heavy atom. The molecule has 0 fully saturated rings. The SMILES string of the molecule is CNC(C)c1cc2ccc(C#Cc3cnn(C)c3)n2c(=O)n1-c1ccccc1.Nc1nc2cccnn2c1C=O. The first-order valence-electron chi connectivity index (χ1n) is 12.5. The molecule has 1 atom stereocenters. The van der Waals surface area contributed by atoms with Crippen LogP contribution in [0.4, 0.5) is 5.82 Å². The van der Waals surface area contributed by atoms with Gasteiger partial charge in [0.2, 0.25) is 0 Å². The maximum atomic E-state index is 13.5. The number of benzene rings is 1. The summed E-state index contributed by atoms with van der Waals surface area (Å²) in [5, 5.41) is 11.3. The van der Waals surface area contributed by atoms with Gasteiger partial charge in [0.15, 0.2) is 17.8 Å². The number of carbonyl (C=O) groups is 1. The van der Waals surface area contributed by atoms with E-state index in [2.05, 4.69) is 32.3 Å². The molecule has 40 heavy (non-hydrogen) atoms. The fourth-order valence-electron chi connectivity index (χ4n) is 4.26. The molecule has 0 amide bonds. The summed E-state index contributed by atoms with van der Waals surface area (Å²) in [6.45, 7) is 2.04. The monoisotopic (exact) mass is 533 g/mol. The van der Waals surface area contributed by atoms with Crippen LogP contribution in [0.25, 0.3) is 16.9 Å². The lowest BCUT2D eigenvalue weighted by Crippen LogP contribution is -2.31. The summed E-state index contributed by atoms with van der Waals surface area (Å²) in [5.74, 6) is 6.40. The molecule has 0 radical (unpaired) electrons. The molecule has 11 heteroatoms. The van der Waals surface area contributed by atoms with Crippen LogP contribution in [0.15, 0.2) is 84.0 Å². The van der Waals surface area contributed by atoms with Gasteiger partial charge in [0.25, 0.3) is 0 Å². The topological polar surface area (TPSA) is 130 Å². The van der Waals surface area contributed by atoms with Crippen LogP contribution >= 0.6 is 0 Å². The maximum Gasteiger partial charge on any atom is 0.338 e. The summed E-state index contributed by atoms with van der Waals surface area (Å²) >= 11 is 0. The van der Waals surface area contributed by atoms with Crippen molar-refractivity contribution in [1.29, 1.82) is 0 Å². The summed E-state index contributed by atoms with van der Waals surface area (Å²) in [7, 11) is 3.73. The van der Waals surface area contributed by atoms with Gasteiger partial charge in [-0.3, -0.25) is 18.4 Å². The molecule has 5 heterocycles. The van der Waals surface area contributed by atoms with Crippen molar-refractivity contribution in [3.63, 3.8) is 0 Å². The Bertz CT molecular complexity index is 1930. The largest absolute Gasteiger partial charge is 0.382 e. The smallest absolute Gasteiger partial charge is 0.338 e. The number of hydrogen-bond donors (Lipinski definition) is 2. The van der Waals surface area contributed by atoms with Gasteiger partial charge in [-0.05, 0) is 62.4 Å². The minimum atomic E-state index is -0.138. The first-order valence-corrected chi connectivity index (χ1v) is 12.5. The van der Waals surface area contributed by atoms with Crippen molar-refractivity contribution in [3.05, 3.63) is 112 Å². The number of carbonyl (C=O) groups excluding carboxylic acids is 1. The molecule has 200 valence electrons. The Morgan fingerprint density at radius 2 is 1.85 bits per heavy atom. The van der Waals surface area contributed by atoms with E-state index in [9.17, 15) is 9.59 Å². The van der Waals surface area contributed by atoms with Crippen molar-refractivity contribution < 1.29 is 4.79 Å². The predicted octanol–water partition coefficient (Wildman–Crippen LogP) is 2.63. The molecule has 5 aromatic heterocycles. The quantitative estimate of drug-likeness (QED) is 0.263. The van der Waals surface area contributed by atoms with E-state index in [-0.39, 0.29) is 17.5 Å². The Hall–Kier alpha value is -5.47. The van der Waals surface area contributed by atoms with Crippen molar-refractivity contribution in [1.82, 2.24) is 38.7 Å². The third-order valence-electron chi connectivity index (χ3n) is 6.35. The zero-order valence-corrected chi connectivity index (χ0v) is 22.2. The summed E-state index contributed by atoms with van der Waals surface area (Å²) in [6, 6.07) is 19.0. The lowest BCUT2D eigenvalue weighted by atomic mass is 10.2. The van der Waals surface area contributed by atoms with Crippen molar-refractivity contribution in [2.24, 2.45) is 7.05 Å². The van der Waals surface area contributed by atoms with Crippen LogP contribution in [-0.4, -0.2) is 46.7 Å². The number of anilines is 1. The molecule has 3 N–H and O–H groups in total. The molecule has 0 bridgehead atoms. The van der Waals surface area contributed by atoms with Crippen LogP contribution in [0.2, 0.25) is 0 Å². The summed E-state index contributed by atoms with van der Waals surface area (Å²) in [4.78, 5) is 27.9. The standard InChI is InChI=1S/C22H21N5O.C7H6N4O/c1-16(23-2)21-13-20-12-11-19(10-9-17-14-24-25(3)15-17)26(20)22(28)27(21)18-7-5-4-6-8-18;8-7-5(4-12)11-6(10-7)2-1-3-9-11/h4-8,11-16,23H,1-3H3;1-4H,8H2. The molecule has 0 aliphatic rings. The molecule has 0 aliphatic heterocycles. The van der Waals surface area contributed by atoms with Gasteiger partial charge in [-0.2, -0.15) is 10.2 Å². The van der Waals surface area contributed by atoms with Gasteiger partial charge in [0.1, 0.15) is 11.4 Å². The first kappa shape index (κ1) is 26.1. The van der Waals surface area contributed by atoms with Crippen LogP contribution < -0.4 is 16.7 Å². The minimum Gasteiger partial charge on any atom is -0.382 e. The number of aldehydes is 1. The number of hydrogen-bond acceptors (Lipinski definition) is 7. The molecule has 1 unspecified atom stereocenters. The molecular formula is C29H27N9O2. The van der Waals surface area contributed by atoms with E-state index < -0.39 is 0 Å². The van der Waals surface area contributed by atoms with Gasteiger partial charge in [-0.15, -0.1) is 0 Å². The molecule has 6 rings (SSSR count). The van der Waals surface area contributed by atoms with E-state index in [0.717, 1.165) is 22.5 Å². The van der Waals surface area contributed by atoms with Crippen molar-refractivity contribution in [2.75, 3.05) is 12.8 Å². The number of nitrogens with zero attached hydrogens (tertiary/aromatic N) is 7. The van der Waals surface area contributed by atoms with Crippen LogP contribution in [0, 0.1) is 11.8 Å². The number of aryl methyl sites for hydroxylation is 1. The highest BCUT2D eigenvalue weighted by Crippen LogP contribution is 2.19. The summed E-state index contributed by atoms with van der Waals surface area (Å²) < 4.78 is 6.50. The average molecular weight is 534 g/mol. The zero-order valence-electron chi connectivity index (χ0n) is 22.2. The van der Waals surface area contributed by atoms with Crippen LogP contribution in [-0.2, 0) is 7.05 Å². The Kier molecular flexibility index (Phi) is 7.26. The molecular weight excluding hydrogens is 506 g/mol. The zero-order chi connectivity index (χ0) is 28.2. The van der Waals surface area contributed by atoms with Crippen molar-refractivity contribution >= 4 is 23.3 Å². The number of nitrogens with one attached hydrogen (secondary N) is 1. The number of aromatic nitrogens is 7. The highest BCUT2D eigenvalue weighted by Gasteiger charge is 2.16. The van der Waals surface area contributed by atoms with E-state index in [1.807, 2.05) is 75.7 Å². The second-order valence-corrected chi connectivity index (χ2v) is 8.96. The second-order valence-electron chi connectivity index (χ2n) is 8.96. The van der Waals surface area contributed by atoms with Gasteiger partial charge in [-0.25, -0.2) is 14.3 Å². The third-order valence-corrected chi connectivity index (χ3v) is 6.35. The second kappa shape index (κ2) is 11.1. The van der Waals surface area contributed by atoms with Crippen LogP contribution in [0.3, 0.4) is 0 Å². The molecule has 6 aromatic rings. The number of fused-ring (bicyclic) bond motifs is 2. The van der Waals surface area contributed by atoms with E-state index in [1.54, 1.807) is 38.2 Å². The summed E-state index contributed by atoms with van der Waals surface area (Å²) in [6.07, 6.45) is 5.76. The highest BCUT2D eigenvalue weighted by atomic mass is 16.1. The molecule has 0 saturated carbocycles. The van der Waals surface area contributed by atoms with E-state index in [4.69, 9.17) is 5.73 Å². The van der Waals surface area contributed by atoms with Gasteiger partial charge in [-0.1, -0.05) is 24.1 Å². The molecule has 11 nitrogen and oxygen atoms in total. The van der Waals surface area contributed by atoms with E-state index in [1.165, 1.54) is 4.52 Å². The summed E-state index contributed by atoms with van der Waals surface area (Å²) in [5.41, 5.74) is 10.2. The van der Waals surface area contributed by atoms with Crippen molar-refractivity contribution in [2.45, 2.75) is 13.0 Å². The lowest BCUT2D eigenvalue weighted by molar-refractivity contribution is 0.111. The molecule has 0 spiro atoms. The normalized spacial score (nSPS) is 11.5. The van der Waals surface area contributed by atoms with Crippen molar-refractivity contribution in [3.8, 4) is 17.5 Å². The molecule has 0 saturated heterocycles. The highest BCUT2D eigenvalue weighted by molar-refractivity contribution is 5.81. The predicted molar refractivity (Wildman–Crippen MR) is 152 cm³/mol. The molecule has 0 aliphatic carbocycles. The number of para-hydroxylation sites is 1. The van der Waals surface area contributed by atoms with Gasteiger partial charge in [0.05, 0.1) is 23.0 Å². The Balaban J connectivity index is 0.000000223.